The van der Waals surface area contributed by atoms with E-state index < -0.39 is 0 Å². The van der Waals surface area contributed by atoms with E-state index in [1.165, 1.54) is 5.56 Å². The van der Waals surface area contributed by atoms with Gasteiger partial charge in [0.25, 0.3) is 0 Å². The van der Waals surface area contributed by atoms with Crippen LogP contribution in [-0.2, 0) is 11.3 Å². The van der Waals surface area contributed by atoms with Crippen molar-refractivity contribution < 1.29 is 4.74 Å². The summed E-state index contributed by atoms with van der Waals surface area (Å²) in [6.45, 7) is 4.55. The number of benzene rings is 1. The Bertz CT molecular complexity index is 458. The summed E-state index contributed by atoms with van der Waals surface area (Å²) >= 11 is 3.44. The van der Waals surface area contributed by atoms with Gasteiger partial charge in [-0.1, -0.05) is 28.1 Å². The van der Waals surface area contributed by atoms with Crippen LogP contribution in [-0.4, -0.2) is 31.8 Å². The van der Waals surface area contributed by atoms with Gasteiger partial charge in [-0.2, -0.15) is 0 Å². The third kappa shape index (κ3) is 6.12. The molecule has 118 valence electrons. The number of nitrogens with zero attached hydrogens (tertiary/aromatic N) is 1. The maximum Gasteiger partial charge on any atom is 0.191 e. The molecule has 0 bridgehead atoms. The van der Waals surface area contributed by atoms with Gasteiger partial charge in [0.2, 0.25) is 0 Å². The number of hydrogen-bond donors (Lipinski definition) is 2. The standard InChI is InChI=1S/C15H22BrN3O.HI/c1-15(8-3-9-20-15)11-19-14(17-2)18-10-12-4-6-13(16)7-5-12;/h4-7H,3,8-11H2,1-2H3,(H2,17,18,19);1H. The minimum Gasteiger partial charge on any atom is -0.373 e. The highest BCUT2D eigenvalue weighted by Gasteiger charge is 2.29. The molecule has 0 aromatic heterocycles. The van der Waals surface area contributed by atoms with E-state index in [0.717, 1.165) is 43.0 Å². The van der Waals surface area contributed by atoms with Crippen LogP contribution in [0.3, 0.4) is 0 Å². The van der Waals surface area contributed by atoms with Crippen molar-refractivity contribution in [3.05, 3.63) is 34.3 Å². The van der Waals surface area contributed by atoms with E-state index in [1.807, 2.05) is 12.1 Å². The third-order valence-electron chi connectivity index (χ3n) is 3.53. The minimum absolute atomic E-state index is 0. The molecule has 1 aromatic rings. The van der Waals surface area contributed by atoms with Crippen LogP contribution in [0.4, 0.5) is 0 Å². The van der Waals surface area contributed by atoms with Gasteiger partial charge in [0.1, 0.15) is 0 Å². The van der Waals surface area contributed by atoms with Crippen molar-refractivity contribution in [1.29, 1.82) is 0 Å². The average molecular weight is 468 g/mol. The van der Waals surface area contributed by atoms with Crippen LogP contribution in [0.1, 0.15) is 25.3 Å². The van der Waals surface area contributed by atoms with Crippen LogP contribution in [0.2, 0.25) is 0 Å². The molecule has 4 nitrogen and oxygen atoms in total. The molecule has 0 spiro atoms. The normalized spacial score (nSPS) is 21.8. The zero-order valence-corrected chi connectivity index (χ0v) is 16.4. The van der Waals surface area contributed by atoms with Gasteiger partial charge in [0.15, 0.2) is 5.96 Å². The monoisotopic (exact) mass is 467 g/mol. The molecule has 0 aliphatic carbocycles. The predicted molar refractivity (Wildman–Crippen MR) is 101 cm³/mol. The zero-order valence-electron chi connectivity index (χ0n) is 12.5. The van der Waals surface area contributed by atoms with Gasteiger partial charge in [-0.05, 0) is 37.5 Å². The molecule has 0 saturated carbocycles. The Labute approximate surface area is 152 Å². The highest BCUT2D eigenvalue weighted by Crippen LogP contribution is 2.23. The molecule has 1 aromatic carbocycles. The Morgan fingerprint density at radius 3 is 2.62 bits per heavy atom. The van der Waals surface area contributed by atoms with Gasteiger partial charge in [0, 0.05) is 31.2 Å². The molecule has 0 amide bonds. The Balaban J connectivity index is 0.00000220. The van der Waals surface area contributed by atoms with Crippen molar-refractivity contribution >= 4 is 45.9 Å². The lowest BCUT2D eigenvalue weighted by molar-refractivity contribution is 0.0243. The molecule has 1 fully saturated rings. The van der Waals surface area contributed by atoms with Crippen LogP contribution >= 0.6 is 39.9 Å². The Hall–Kier alpha value is -0.340. The highest BCUT2D eigenvalue weighted by molar-refractivity contribution is 14.0. The van der Waals surface area contributed by atoms with E-state index in [4.69, 9.17) is 4.74 Å². The molecule has 0 radical (unpaired) electrons. The van der Waals surface area contributed by atoms with E-state index in [-0.39, 0.29) is 29.6 Å². The van der Waals surface area contributed by atoms with Crippen molar-refractivity contribution in [2.24, 2.45) is 4.99 Å². The fourth-order valence-electron chi connectivity index (χ4n) is 2.26. The van der Waals surface area contributed by atoms with Gasteiger partial charge in [0.05, 0.1) is 5.60 Å². The summed E-state index contributed by atoms with van der Waals surface area (Å²) in [5.74, 6) is 0.810. The fourth-order valence-corrected chi connectivity index (χ4v) is 2.52. The second-order valence-electron chi connectivity index (χ2n) is 5.31. The Morgan fingerprint density at radius 2 is 2.05 bits per heavy atom. The van der Waals surface area contributed by atoms with E-state index in [0.29, 0.717) is 0 Å². The van der Waals surface area contributed by atoms with Crippen molar-refractivity contribution in [2.75, 3.05) is 20.2 Å². The summed E-state index contributed by atoms with van der Waals surface area (Å²) in [7, 11) is 1.79. The van der Waals surface area contributed by atoms with Crippen LogP contribution in [0.25, 0.3) is 0 Å². The van der Waals surface area contributed by atoms with E-state index in [1.54, 1.807) is 7.05 Å². The lowest BCUT2D eigenvalue weighted by atomic mass is 10.0. The fraction of sp³-hybridized carbons (Fsp3) is 0.533. The quantitative estimate of drug-likeness (QED) is 0.405. The molecule has 21 heavy (non-hydrogen) atoms. The molecular formula is C15H23BrIN3O. The number of nitrogens with one attached hydrogen (secondary N) is 2. The first-order valence-corrected chi connectivity index (χ1v) is 7.73. The first kappa shape index (κ1) is 18.7. The molecule has 1 saturated heterocycles. The van der Waals surface area contributed by atoms with Gasteiger partial charge < -0.3 is 15.4 Å². The zero-order chi connectivity index (χ0) is 14.4. The molecule has 1 heterocycles. The maximum absolute atomic E-state index is 5.76. The molecule has 1 unspecified atom stereocenters. The Morgan fingerprint density at radius 1 is 1.33 bits per heavy atom. The summed E-state index contributed by atoms with van der Waals surface area (Å²) in [6, 6.07) is 8.26. The lowest BCUT2D eigenvalue weighted by Crippen LogP contribution is -2.45. The number of hydrogen-bond acceptors (Lipinski definition) is 2. The molecule has 1 atom stereocenters. The Kier molecular flexibility index (Phi) is 7.97. The molecule has 1 aliphatic heterocycles. The summed E-state index contributed by atoms with van der Waals surface area (Å²) in [5.41, 5.74) is 1.16. The second kappa shape index (κ2) is 8.95. The number of ether oxygens (including phenoxy) is 1. The smallest absolute Gasteiger partial charge is 0.191 e. The number of guanidine groups is 1. The van der Waals surface area contributed by atoms with Crippen molar-refractivity contribution in [2.45, 2.75) is 31.9 Å². The SMILES string of the molecule is CN=C(NCc1ccc(Br)cc1)NCC1(C)CCCO1.I. The lowest BCUT2D eigenvalue weighted by Gasteiger charge is -2.24. The minimum atomic E-state index is -0.0603. The second-order valence-corrected chi connectivity index (χ2v) is 6.22. The van der Waals surface area contributed by atoms with Gasteiger partial charge in [-0.25, -0.2) is 0 Å². The third-order valence-corrected chi connectivity index (χ3v) is 4.06. The van der Waals surface area contributed by atoms with Crippen LogP contribution < -0.4 is 10.6 Å². The first-order valence-electron chi connectivity index (χ1n) is 6.94. The average Bonchev–Trinajstić information content (AvgIpc) is 2.88. The van der Waals surface area contributed by atoms with E-state index in [2.05, 4.69) is 50.6 Å². The predicted octanol–water partition coefficient (Wildman–Crippen LogP) is 3.30. The number of rotatable bonds is 4. The van der Waals surface area contributed by atoms with E-state index >= 15 is 0 Å². The van der Waals surface area contributed by atoms with Crippen LogP contribution in [0.15, 0.2) is 33.7 Å². The maximum atomic E-state index is 5.76. The van der Waals surface area contributed by atoms with Gasteiger partial charge in [-0.3, -0.25) is 4.99 Å². The van der Waals surface area contributed by atoms with Crippen LogP contribution in [0.5, 0.6) is 0 Å². The van der Waals surface area contributed by atoms with Crippen LogP contribution in [0, 0.1) is 0 Å². The van der Waals surface area contributed by atoms with Crippen molar-refractivity contribution in [3.8, 4) is 0 Å². The van der Waals surface area contributed by atoms with Gasteiger partial charge in [-0.15, -0.1) is 24.0 Å². The summed E-state index contributed by atoms with van der Waals surface area (Å²) in [4.78, 5) is 4.24. The topological polar surface area (TPSA) is 45.7 Å². The molecule has 2 N–H and O–H groups in total. The molecule has 2 rings (SSSR count). The molecular weight excluding hydrogens is 445 g/mol. The summed E-state index contributed by atoms with van der Waals surface area (Å²) < 4.78 is 6.85. The van der Waals surface area contributed by atoms with Crippen molar-refractivity contribution in [1.82, 2.24) is 10.6 Å². The molecule has 6 heteroatoms. The molecule has 1 aliphatic rings. The summed E-state index contributed by atoms with van der Waals surface area (Å²) in [6.07, 6.45) is 2.24. The largest absolute Gasteiger partial charge is 0.373 e. The number of halogens is 2. The van der Waals surface area contributed by atoms with Gasteiger partial charge >= 0.3 is 0 Å². The first-order chi connectivity index (χ1) is 9.61. The van der Waals surface area contributed by atoms with Crippen molar-refractivity contribution in [3.63, 3.8) is 0 Å². The summed E-state index contributed by atoms with van der Waals surface area (Å²) in [5, 5.41) is 6.65. The van der Waals surface area contributed by atoms with E-state index in [9.17, 15) is 0 Å². The number of aliphatic imine (C=N–C) groups is 1. The highest BCUT2D eigenvalue weighted by atomic mass is 127.